The molecule has 124 valence electrons. The second-order valence-electron chi connectivity index (χ2n) is 5.08. The number of carbonyl (C=O) groups excluding carboxylic acids is 1. The van der Waals surface area contributed by atoms with Gasteiger partial charge in [0.2, 0.25) is 5.43 Å². The highest BCUT2D eigenvalue weighted by Gasteiger charge is 2.07. The van der Waals surface area contributed by atoms with Crippen LogP contribution in [-0.2, 0) is 6.54 Å². The highest BCUT2D eigenvalue weighted by Crippen LogP contribution is 2.12. The number of ether oxygens (including phenoxy) is 1. The van der Waals surface area contributed by atoms with Gasteiger partial charge in [-0.3, -0.25) is 9.59 Å². The van der Waals surface area contributed by atoms with Gasteiger partial charge < -0.3 is 19.7 Å². The highest BCUT2D eigenvalue weighted by molar-refractivity contribution is 5.94. The lowest BCUT2D eigenvalue weighted by Gasteiger charge is -2.12. The average Bonchev–Trinajstić information content (AvgIpc) is 2.60. The van der Waals surface area contributed by atoms with E-state index >= 15 is 0 Å². The molecule has 1 amide bonds. The van der Waals surface area contributed by atoms with Gasteiger partial charge in [-0.2, -0.15) is 0 Å². The number of terminal acetylenes is 1. The molecule has 0 aliphatic heterocycles. The molecule has 0 unspecified atom stereocenters. The molecule has 2 aromatic rings. The Bertz CT molecular complexity index is 816. The largest absolute Gasteiger partial charge is 0.503 e. The van der Waals surface area contributed by atoms with Crippen molar-refractivity contribution in [1.29, 1.82) is 0 Å². The molecule has 2 N–H and O–H groups in total. The Morgan fingerprint density at radius 1 is 1.33 bits per heavy atom. The maximum atomic E-state index is 12.1. The summed E-state index contributed by atoms with van der Waals surface area (Å²) >= 11 is 0. The van der Waals surface area contributed by atoms with Gasteiger partial charge in [-0.25, -0.2) is 0 Å². The number of amides is 1. The minimum absolute atomic E-state index is 0.178. The number of rotatable bonds is 6. The molecule has 0 radical (unpaired) electrons. The topological polar surface area (TPSA) is 80.6 Å². The number of aromatic nitrogens is 1. The third-order valence-electron chi connectivity index (χ3n) is 3.49. The van der Waals surface area contributed by atoms with E-state index in [2.05, 4.69) is 11.2 Å². The lowest BCUT2D eigenvalue weighted by Crippen LogP contribution is -2.28. The van der Waals surface area contributed by atoms with Crippen molar-refractivity contribution in [1.82, 2.24) is 9.88 Å². The summed E-state index contributed by atoms with van der Waals surface area (Å²) in [4.78, 5) is 23.4. The van der Waals surface area contributed by atoms with Crippen molar-refractivity contribution in [2.45, 2.75) is 13.5 Å². The van der Waals surface area contributed by atoms with Crippen LogP contribution in [0.25, 0.3) is 0 Å². The zero-order chi connectivity index (χ0) is 17.5. The summed E-state index contributed by atoms with van der Waals surface area (Å²) in [5, 5.41) is 12.4. The Morgan fingerprint density at radius 2 is 2.04 bits per heavy atom. The first-order valence-electron chi connectivity index (χ1n) is 7.36. The summed E-state index contributed by atoms with van der Waals surface area (Å²) in [5.41, 5.74) is 0.550. The van der Waals surface area contributed by atoms with E-state index in [0.717, 1.165) is 0 Å². The van der Waals surface area contributed by atoms with Gasteiger partial charge in [0.1, 0.15) is 12.4 Å². The average molecular weight is 326 g/mol. The number of aromatic hydroxyl groups is 1. The molecule has 1 heterocycles. The van der Waals surface area contributed by atoms with Crippen molar-refractivity contribution < 1.29 is 14.6 Å². The summed E-state index contributed by atoms with van der Waals surface area (Å²) < 4.78 is 6.94. The monoisotopic (exact) mass is 326 g/mol. The summed E-state index contributed by atoms with van der Waals surface area (Å²) in [6, 6.07) is 7.95. The Kier molecular flexibility index (Phi) is 5.63. The van der Waals surface area contributed by atoms with Crippen molar-refractivity contribution in [3.63, 3.8) is 0 Å². The minimum atomic E-state index is -0.417. The zero-order valence-corrected chi connectivity index (χ0v) is 13.3. The molecule has 0 spiro atoms. The van der Waals surface area contributed by atoms with Gasteiger partial charge in [0.15, 0.2) is 5.75 Å². The first kappa shape index (κ1) is 17.2. The molecular weight excluding hydrogens is 308 g/mol. The van der Waals surface area contributed by atoms with Crippen LogP contribution >= 0.6 is 0 Å². The number of carbonyl (C=O) groups is 1. The lowest BCUT2D eigenvalue weighted by molar-refractivity contribution is 0.0952. The molecule has 0 saturated carbocycles. The molecule has 6 heteroatoms. The van der Waals surface area contributed by atoms with Crippen molar-refractivity contribution in [3.8, 4) is 23.8 Å². The molecule has 2 rings (SSSR count). The quantitative estimate of drug-likeness (QED) is 0.784. The normalized spacial score (nSPS) is 10.0. The molecule has 1 aromatic carbocycles. The third-order valence-corrected chi connectivity index (χ3v) is 3.49. The van der Waals surface area contributed by atoms with Gasteiger partial charge in [0.05, 0.1) is 5.69 Å². The zero-order valence-electron chi connectivity index (χ0n) is 13.3. The molecule has 0 fully saturated rings. The van der Waals surface area contributed by atoms with Crippen LogP contribution in [0.2, 0.25) is 0 Å². The Hall–Kier alpha value is -3.20. The SMILES string of the molecule is C#CCOc1ccc(C(=O)NCCn2ccc(=O)c(O)c2C)cc1. The number of hydrogen-bond donors (Lipinski definition) is 2. The Balaban J connectivity index is 1.90. The minimum Gasteiger partial charge on any atom is -0.503 e. The molecule has 0 aliphatic rings. The van der Waals surface area contributed by atoms with Gasteiger partial charge in [-0.05, 0) is 31.2 Å². The molecule has 0 atom stereocenters. The molecule has 1 aromatic heterocycles. The van der Waals surface area contributed by atoms with Crippen molar-refractivity contribution >= 4 is 5.91 Å². The number of pyridine rings is 1. The van der Waals surface area contributed by atoms with E-state index < -0.39 is 5.43 Å². The van der Waals surface area contributed by atoms with E-state index in [1.165, 1.54) is 6.07 Å². The standard InChI is InChI=1S/C18H18N2O4/c1-3-12-24-15-6-4-14(5-7-15)18(23)19-9-11-20-10-8-16(21)17(22)13(20)2/h1,4-8,10,22H,9,11-12H2,2H3,(H,19,23). The molecule has 6 nitrogen and oxygen atoms in total. The van der Waals surface area contributed by atoms with Crippen LogP contribution in [0.3, 0.4) is 0 Å². The van der Waals surface area contributed by atoms with Gasteiger partial charge in [-0.15, -0.1) is 6.42 Å². The fourth-order valence-electron chi connectivity index (χ4n) is 2.12. The number of hydrogen-bond acceptors (Lipinski definition) is 4. The second kappa shape index (κ2) is 7.88. The van der Waals surface area contributed by atoms with E-state index in [1.54, 1.807) is 42.0 Å². The Morgan fingerprint density at radius 3 is 2.71 bits per heavy atom. The maximum Gasteiger partial charge on any atom is 0.251 e. The molecule has 24 heavy (non-hydrogen) atoms. The van der Waals surface area contributed by atoms with Crippen LogP contribution in [0.1, 0.15) is 16.1 Å². The van der Waals surface area contributed by atoms with E-state index in [9.17, 15) is 14.7 Å². The maximum absolute atomic E-state index is 12.1. The van der Waals surface area contributed by atoms with E-state index in [-0.39, 0.29) is 18.3 Å². The van der Waals surface area contributed by atoms with Gasteiger partial charge in [-0.1, -0.05) is 5.92 Å². The lowest BCUT2D eigenvalue weighted by atomic mass is 10.2. The number of nitrogens with zero attached hydrogens (tertiary/aromatic N) is 1. The first-order chi connectivity index (χ1) is 11.5. The smallest absolute Gasteiger partial charge is 0.251 e. The van der Waals surface area contributed by atoms with Crippen LogP contribution in [0, 0.1) is 19.3 Å². The van der Waals surface area contributed by atoms with Crippen LogP contribution in [0.15, 0.2) is 41.3 Å². The van der Waals surface area contributed by atoms with Crippen molar-refractivity contribution in [3.05, 3.63) is 58.0 Å². The van der Waals surface area contributed by atoms with Gasteiger partial charge in [0, 0.05) is 30.9 Å². The van der Waals surface area contributed by atoms with Gasteiger partial charge in [0.25, 0.3) is 5.91 Å². The Labute approximate surface area is 139 Å². The molecular formula is C18H18N2O4. The highest BCUT2D eigenvalue weighted by atomic mass is 16.5. The van der Waals surface area contributed by atoms with Crippen LogP contribution in [-0.4, -0.2) is 28.7 Å². The first-order valence-corrected chi connectivity index (χ1v) is 7.36. The number of nitrogens with one attached hydrogen (secondary N) is 1. The van der Waals surface area contributed by atoms with E-state index in [0.29, 0.717) is 30.1 Å². The van der Waals surface area contributed by atoms with Crippen LogP contribution in [0.5, 0.6) is 11.5 Å². The summed E-state index contributed by atoms with van der Waals surface area (Å²) in [6.07, 6.45) is 6.70. The summed E-state index contributed by atoms with van der Waals surface area (Å²) in [6.45, 7) is 2.62. The molecule has 0 saturated heterocycles. The van der Waals surface area contributed by atoms with Crippen LogP contribution < -0.4 is 15.5 Å². The van der Waals surface area contributed by atoms with Gasteiger partial charge >= 0.3 is 0 Å². The molecule has 0 aliphatic carbocycles. The fraction of sp³-hybridized carbons (Fsp3) is 0.222. The van der Waals surface area contributed by atoms with Crippen molar-refractivity contribution in [2.24, 2.45) is 0 Å². The predicted molar refractivity (Wildman–Crippen MR) is 90.2 cm³/mol. The van der Waals surface area contributed by atoms with E-state index in [1.807, 2.05) is 0 Å². The summed E-state index contributed by atoms with van der Waals surface area (Å²) in [7, 11) is 0. The van der Waals surface area contributed by atoms with E-state index in [4.69, 9.17) is 11.2 Å². The summed E-state index contributed by atoms with van der Waals surface area (Å²) in [5.74, 6) is 2.48. The van der Waals surface area contributed by atoms with Crippen molar-refractivity contribution in [2.75, 3.05) is 13.2 Å². The van der Waals surface area contributed by atoms with Crippen LogP contribution in [0.4, 0.5) is 0 Å². The third kappa shape index (κ3) is 4.17. The fourth-order valence-corrected chi connectivity index (χ4v) is 2.12. The molecule has 0 bridgehead atoms. The number of benzene rings is 1. The second-order valence-corrected chi connectivity index (χ2v) is 5.08. The predicted octanol–water partition coefficient (Wildman–Crippen LogP) is 1.30.